The lowest BCUT2D eigenvalue weighted by Gasteiger charge is -2.18. The van der Waals surface area contributed by atoms with E-state index in [1.165, 1.54) is 225 Å². The van der Waals surface area contributed by atoms with Gasteiger partial charge in [0, 0.05) is 19.3 Å². The van der Waals surface area contributed by atoms with Crippen molar-refractivity contribution < 1.29 is 28.6 Å². The van der Waals surface area contributed by atoms with Crippen LogP contribution in [-0.4, -0.2) is 37.2 Å². The normalized spacial score (nSPS) is 12.2. The van der Waals surface area contributed by atoms with Gasteiger partial charge in [0.15, 0.2) is 6.10 Å². The minimum absolute atomic E-state index is 0.0762. The Bertz CT molecular complexity index is 1210. The predicted molar refractivity (Wildman–Crippen MR) is 312 cm³/mol. The van der Waals surface area contributed by atoms with Crippen LogP contribution in [0.2, 0.25) is 0 Å². The molecule has 0 N–H and O–H groups in total. The van der Waals surface area contributed by atoms with Crippen LogP contribution in [0.15, 0.2) is 36.5 Å². The Hall–Kier alpha value is -2.37. The topological polar surface area (TPSA) is 78.9 Å². The Labute approximate surface area is 448 Å². The molecule has 0 aliphatic carbocycles. The van der Waals surface area contributed by atoms with Crippen molar-refractivity contribution in [1.82, 2.24) is 0 Å². The van der Waals surface area contributed by atoms with Gasteiger partial charge in [-0.15, -0.1) is 0 Å². The first kappa shape index (κ1) is 69.6. The molecule has 0 aliphatic rings. The fourth-order valence-corrected chi connectivity index (χ4v) is 9.64. The standard InChI is InChI=1S/C66H122O6/c1-4-7-10-13-16-19-22-25-27-29-30-31-32-33-34-35-36-37-39-41-44-47-50-53-56-59-65(68)71-62-63(61-70-64(67)58-55-52-49-46-43-40-24-21-18-15-12-9-6-3)72-66(69)60-57-54-51-48-45-42-38-28-26-23-20-17-14-11-8-5-2/h9,12,18,21,40,43,63H,4-8,10-11,13-17,19-20,22-39,41-42,44-62H2,1-3H3/b12-9-,21-18-,43-40-. The van der Waals surface area contributed by atoms with Crippen molar-refractivity contribution in [2.45, 2.75) is 354 Å². The third kappa shape index (κ3) is 58.5. The maximum atomic E-state index is 12.9. The molecule has 0 amide bonds. The second-order valence-corrected chi connectivity index (χ2v) is 21.7. The largest absolute Gasteiger partial charge is 0.462 e. The molecule has 0 aromatic heterocycles. The molecule has 6 nitrogen and oxygen atoms in total. The third-order valence-electron chi connectivity index (χ3n) is 14.4. The smallest absolute Gasteiger partial charge is 0.306 e. The number of carbonyl (C=O) groups excluding carboxylic acids is 3. The summed E-state index contributed by atoms with van der Waals surface area (Å²) in [4.78, 5) is 38.2. The van der Waals surface area contributed by atoms with E-state index in [9.17, 15) is 14.4 Å². The van der Waals surface area contributed by atoms with Crippen LogP contribution in [0.5, 0.6) is 0 Å². The van der Waals surface area contributed by atoms with Crippen molar-refractivity contribution in [1.29, 1.82) is 0 Å². The van der Waals surface area contributed by atoms with Crippen molar-refractivity contribution in [2.24, 2.45) is 0 Å². The van der Waals surface area contributed by atoms with Gasteiger partial charge in [0.2, 0.25) is 0 Å². The highest BCUT2D eigenvalue weighted by molar-refractivity contribution is 5.71. The molecule has 0 spiro atoms. The van der Waals surface area contributed by atoms with E-state index in [0.717, 1.165) is 83.5 Å². The fraction of sp³-hybridized carbons (Fsp3) is 0.864. The summed E-state index contributed by atoms with van der Waals surface area (Å²) in [5.74, 6) is -0.883. The third-order valence-corrected chi connectivity index (χ3v) is 14.4. The van der Waals surface area contributed by atoms with Crippen molar-refractivity contribution in [3.63, 3.8) is 0 Å². The van der Waals surface area contributed by atoms with Gasteiger partial charge >= 0.3 is 17.9 Å². The van der Waals surface area contributed by atoms with Crippen molar-refractivity contribution in [3.05, 3.63) is 36.5 Å². The van der Waals surface area contributed by atoms with Gasteiger partial charge < -0.3 is 14.2 Å². The molecule has 0 aromatic rings. The summed E-state index contributed by atoms with van der Waals surface area (Å²) in [7, 11) is 0. The Morgan fingerprint density at radius 1 is 0.292 bits per heavy atom. The number of carbonyl (C=O) groups is 3. The highest BCUT2D eigenvalue weighted by atomic mass is 16.6. The first-order valence-electron chi connectivity index (χ1n) is 32.0. The van der Waals surface area contributed by atoms with E-state index in [2.05, 4.69) is 57.2 Å². The van der Waals surface area contributed by atoms with Crippen LogP contribution in [0.3, 0.4) is 0 Å². The highest BCUT2D eigenvalue weighted by Gasteiger charge is 2.19. The lowest BCUT2D eigenvalue weighted by molar-refractivity contribution is -0.167. The minimum Gasteiger partial charge on any atom is -0.462 e. The van der Waals surface area contributed by atoms with Crippen LogP contribution < -0.4 is 0 Å². The van der Waals surface area contributed by atoms with Gasteiger partial charge in [0.05, 0.1) is 0 Å². The quantitative estimate of drug-likeness (QED) is 0.0261. The molecule has 0 aromatic carbocycles. The van der Waals surface area contributed by atoms with Crippen molar-refractivity contribution >= 4 is 17.9 Å². The van der Waals surface area contributed by atoms with E-state index in [-0.39, 0.29) is 31.1 Å². The Balaban J connectivity index is 4.22. The first-order valence-corrected chi connectivity index (χ1v) is 32.0. The summed E-state index contributed by atoms with van der Waals surface area (Å²) in [6.45, 7) is 6.56. The molecule has 6 heteroatoms. The number of rotatable bonds is 59. The maximum Gasteiger partial charge on any atom is 0.306 e. The van der Waals surface area contributed by atoms with E-state index in [0.29, 0.717) is 19.3 Å². The Morgan fingerprint density at radius 2 is 0.542 bits per heavy atom. The molecule has 0 saturated carbocycles. The SMILES string of the molecule is CC/C=C\C/C=C\C/C=C\CCCCCC(=O)OCC(COC(=O)CCCCCCCCCCCCCCCCCCCCCCCCCCC)OC(=O)CCCCCCCCCCCCCCCCCC. The average molecular weight is 1010 g/mol. The molecule has 72 heavy (non-hydrogen) atoms. The summed E-state index contributed by atoms with van der Waals surface area (Å²) in [5, 5.41) is 0. The van der Waals surface area contributed by atoms with E-state index in [4.69, 9.17) is 14.2 Å². The van der Waals surface area contributed by atoms with Crippen molar-refractivity contribution in [3.8, 4) is 0 Å². The van der Waals surface area contributed by atoms with Crippen LogP contribution in [0.1, 0.15) is 348 Å². The molecule has 0 heterocycles. The molecule has 1 unspecified atom stereocenters. The second kappa shape index (κ2) is 61.2. The zero-order chi connectivity index (χ0) is 52.2. The average Bonchev–Trinajstić information content (AvgIpc) is 3.38. The predicted octanol–water partition coefficient (Wildman–Crippen LogP) is 21.6. The monoisotopic (exact) mass is 1010 g/mol. The molecular formula is C66H122O6. The molecule has 0 saturated heterocycles. The van der Waals surface area contributed by atoms with E-state index < -0.39 is 6.10 Å². The molecule has 0 fully saturated rings. The summed E-state index contributed by atoms with van der Waals surface area (Å²) in [6, 6.07) is 0. The van der Waals surface area contributed by atoms with Gasteiger partial charge in [-0.2, -0.15) is 0 Å². The zero-order valence-corrected chi connectivity index (χ0v) is 48.5. The first-order chi connectivity index (χ1) is 35.5. The molecule has 0 rings (SSSR count). The van der Waals surface area contributed by atoms with Crippen LogP contribution in [-0.2, 0) is 28.6 Å². The number of hydrogen-bond acceptors (Lipinski definition) is 6. The molecule has 0 aliphatic heterocycles. The molecule has 0 bridgehead atoms. The number of ether oxygens (including phenoxy) is 3. The van der Waals surface area contributed by atoms with E-state index >= 15 is 0 Å². The Morgan fingerprint density at radius 3 is 0.847 bits per heavy atom. The second-order valence-electron chi connectivity index (χ2n) is 21.7. The summed E-state index contributed by atoms with van der Waals surface area (Å²) in [6.07, 6.45) is 74.5. The van der Waals surface area contributed by atoms with E-state index in [1.54, 1.807) is 0 Å². The van der Waals surface area contributed by atoms with Gasteiger partial charge in [-0.25, -0.2) is 0 Å². The number of hydrogen-bond donors (Lipinski definition) is 0. The lowest BCUT2D eigenvalue weighted by Crippen LogP contribution is -2.30. The number of esters is 3. The van der Waals surface area contributed by atoms with Gasteiger partial charge in [0.25, 0.3) is 0 Å². The lowest BCUT2D eigenvalue weighted by atomic mass is 10.0. The zero-order valence-electron chi connectivity index (χ0n) is 48.5. The number of allylic oxidation sites excluding steroid dienone is 6. The van der Waals surface area contributed by atoms with Crippen LogP contribution in [0.25, 0.3) is 0 Å². The molecule has 0 radical (unpaired) electrons. The van der Waals surface area contributed by atoms with Crippen LogP contribution in [0, 0.1) is 0 Å². The molecule has 1 atom stereocenters. The highest BCUT2D eigenvalue weighted by Crippen LogP contribution is 2.18. The number of unbranched alkanes of at least 4 members (excludes halogenated alkanes) is 42. The summed E-state index contributed by atoms with van der Waals surface area (Å²) < 4.78 is 16.9. The van der Waals surface area contributed by atoms with Gasteiger partial charge in [-0.1, -0.05) is 314 Å². The van der Waals surface area contributed by atoms with E-state index in [1.807, 2.05) is 0 Å². The van der Waals surface area contributed by atoms with Crippen LogP contribution >= 0.6 is 0 Å². The van der Waals surface area contributed by atoms with Gasteiger partial charge in [-0.05, 0) is 51.4 Å². The maximum absolute atomic E-state index is 12.9. The summed E-state index contributed by atoms with van der Waals surface area (Å²) in [5.41, 5.74) is 0. The molecular weight excluding hydrogens is 889 g/mol. The Kier molecular flexibility index (Phi) is 59.2. The molecule has 422 valence electrons. The van der Waals surface area contributed by atoms with Gasteiger partial charge in [-0.3, -0.25) is 14.4 Å². The van der Waals surface area contributed by atoms with Crippen molar-refractivity contribution in [2.75, 3.05) is 13.2 Å². The summed E-state index contributed by atoms with van der Waals surface area (Å²) >= 11 is 0. The minimum atomic E-state index is -0.780. The van der Waals surface area contributed by atoms with Gasteiger partial charge in [0.1, 0.15) is 13.2 Å². The fourth-order valence-electron chi connectivity index (χ4n) is 9.64. The van der Waals surface area contributed by atoms with Crippen LogP contribution in [0.4, 0.5) is 0 Å².